The monoisotopic (exact) mass is 360 g/mol. The van der Waals surface area contributed by atoms with Crippen LogP contribution in [-0.4, -0.2) is 11.1 Å². The smallest absolute Gasteiger partial charge is 0.312 e. The SMILES string of the molecule is NC(=O)NC(c1cccc(Cl)c1Cl)c1c(O)ccc2ccccc12. The first-order valence-corrected chi connectivity index (χ1v) is 7.95. The molecule has 1 atom stereocenters. The van der Waals surface area contributed by atoms with E-state index in [-0.39, 0.29) is 5.75 Å². The Labute approximate surface area is 148 Å². The molecule has 3 aromatic carbocycles. The summed E-state index contributed by atoms with van der Waals surface area (Å²) in [6.45, 7) is 0. The highest BCUT2D eigenvalue weighted by molar-refractivity contribution is 6.42. The highest BCUT2D eigenvalue weighted by Crippen LogP contribution is 2.39. The first-order chi connectivity index (χ1) is 11.5. The molecule has 122 valence electrons. The number of halogens is 2. The predicted octanol–water partition coefficient (Wildman–Crippen LogP) is 4.61. The first-order valence-electron chi connectivity index (χ1n) is 7.19. The summed E-state index contributed by atoms with van der Waals surface area (Å²) >= 11 is 12.4. The molecule has 0 aliphatic heterocycles. The molecule has 0 aliphatic rings. The molecule has 4 nitrogen and oxygen atoms in total. The Bertz CT molecular complexity index is 928. The molecule has 4 N–H and O–H groups in total. The van der Waals surface area contributed by atoms with Crippen molar-refractivity contribution in [3.05, 3.63) is 75.8 Å². The molecule has 0 saturated carbocycles. The van der Waals surface area contributed by atoms with Crippen molar-refractivity contribution in [1.29, 1.82) is 0 Å². The summed E-state index contributed by atoms with van der Waals surface area (Å²) < 4.78 is 0. The van der Waals surface area contributed by atoms with Crippen LogP contribution < -0.4 is 11.1 Å². The van der Waals surface area contributed by atoms with Crippen LogP contribution in [0.3, 0.4) is 0 Å². The third-order valence-electron chi connectivity index (χ3n) is 3.82. The van der Waals surface area contributed by atoms with Gasteiger partial charge >= 0.3 is 6.03 Å². The molecule has 0 radical (unpaired) electrons. The minimum absolute atomic E-state index is 0.0310. The average molecular weight is 361 g/mol. The third kappa shape index (κ3) is 2.98. The number of aromatic hydroxyl groups is 1. The summed E-state index contributed by atoms with van der Waals surface area (Å²) in [4.78, 5) is 11.6. The normalized spacial score (nSPS) is 12.1. The Balaban J connectivity index is 2.30. The number of hydrogen-bond donors (Lipinski definition) is 3. The number of carbonyl (C=O) groups is 1. The summed E-state index contributed by atoms with van der Waals surface area (Å²) in [7, 11) is 0. The van der Waals surface area contributed by atoms with Crippen LogP contribution in [0, 0.1) is 0 Å². The van der Waals surface area contributed by atoms with E-state index in [1.807, 2.05) is 24.3 Å². The van der Waals surface area contributed by atoms with E-state index in [9.17, 15) is 9.90 Å². The lowest BCUT2D eigenvalue weighted by molar-refractivity contribution is 0.247. The van der Waals surface area contributed by atoms with E-state index in [2.05, 4.69) is 5.32 Å². The van der Waals surface area contributed by atoms with Gasteiger partial charge in [0.15, 0.2) is 0 Å². The van der Waals surface area contributed by atoms with E-state index in [1.54, 1.807) is 30.3 Å². The van der Waals surface area contributed by atoms with Crippen LogP contribution in [0.2, 0.25) is 10.0 Å². The lowest BCUT2D eigenvalue weighted by Gasteiger charge is -2.23. The topological polar surface area (TPSA) is 75.4 Å². The summed E-state index contributed by atoms with van der Waals surface area (Å²) in [5, 5.41) is 15.4. The minimum Gasteiger partial charge on any atom is -0.508 e. The summed E-state index contributed by atoms with van der Waals surface area (Å²) in [6, 6.07) is 14.5. The fraction of sp³-hybridized carbons (Fsp3) is 0.0556. The fourth-order valence-corrected chi connectivity index (χ4v) is 3.20. The Morgan fingerprint density at radius 3 is 2.54 bits per heavy atom. The summed E-state index contributed by atoms with van der Waals surface area (Å²) in [6.07, 6.45) is 0. The van der Waals surface area contributed by atoms with Gasteiger partial charge in [0.05, 0.1) is 16.1 Å². The van der Waals surface area contributed by atoms with Gasteiger partial charge in [-0.3, -0.25) is 0 Å². The Morgan fingerprint density at radius 2 is 1.79 bits per heavy atom. The quantitative estimate of drug-likeness (QED) is 0.637. The highest BCUT2D eigenvalue weighted by Gasteiger charge is 2.24. The van der Waals surface area contributed by atoms with Crippen LogP contribution in [-0.2, 0) is 0 Å². The maximum Gasteiger partial charge on any atom is 0.312 e. The zero-order chi connectivity index (χ0) is 17.3. The molecule has 24 heavy (non-hydrogen) atoms. The zero-order valence-corrected chi connectivity index (χ0v) is 14.0. The fourth-order valence-electron chi connectivity index (χ4n) is 2.78. The molecular formula is C18H14Cl2N2O2. The van der Waals surface area contributed by atoms with E-state index in [0.29, 0.717) is 21.2 Å². The number of urea groups is 1. The molecular weight excluding hydrogens is 347 g/mol. The molecule has 0 aliphatic carbocycles. The highest BCUT2D eigenvalue weighted by atomic mass is 35.5. The van der Waals surface area contributed by atoms with Gasteiger partial charge in [-0.2, -0.15) is 0 Å². The van der Waals surface area contributed by atoms with Gasteiger partial charge in [-0.1, -0.05) is 65.7 Å². The number of phenolic OH excluding ortho intramolecular Hbond substituents is 1. The molecule has 3 aromatic rings. The van der Waals surface area contributed by atoms with Gasteiger partial charge < -0.3 is 16.2 Å². The van der Waals surface area contributed by atoms with Crippen LogP contribution in [0.15, 0.2) is 54.6 Å². The Morgan fingerprint density at radius 1 is 1.04 bits per heavy atom. The largest absolute Gasteiger partial charge is 0.508 e. The third-order valence-corrected chi connectivity index (χ3v) is 4.65. The molecule has 2 amide bonds. The number of phenols is 1. The van der Waals surface area contributed by atoms with E-state index < -0.39 is 12.1 Å². The van der Waals surface area contributed by atoms with Crippen molar-refractivity contribution in [3.63, 3.8) is 0 Å². The Hall–Kier alpha value is -2.43. The molecule has 0 saturated heterocycles. The second-order valence-corrected chi connectivity index (χ2v) is 6.09. The number of amides is 2. The standard InChI is InChI=1S/C18H14Cl2N2O2/c19-13-7-3-6-12(16(13)20)17(22-18(21)24)15-11-5-2-1-4-10(11)8-9-14(15)23/h1-9,17,23H,(H3,21,22,24). The number of benzene rings is 3. The maximum atomic E-state index is 11.6. The number of carbonyl (C=O) groups excluding carboxylic acids is 1. The van der Waals surface area contributed by atoms with E-state index in [0.717, 1.165) is 10.8 Å². The molecule has 1 unspecified atom stereocenters. The molecule has 6 heteroatoms. The number of hydrogen-bond acceptors (Lipinski definition) is 2. The molecule has 3 rings (SSSR count). The van der Waals surface area contributed by atoms with Gasteiger partial charge in [0, 0.05) is 5.56 Å². The van der Waals surface area contributed by atoms with Crippen LogP contribution in [0.5, 0.6) is 5.75 Å². The first kappa shape index (κ1) is 16.4. The van der Waals surface area contributed by atoms with Crippen molar-refractivity contribution in [1.82, 2.24) is 5.32 Å². The summed E-state index contributed by atoms with van der Waals surface area (Å²) in [5.74, 6) is 0.0310. The van der Waals surface area contributed by atoms with Crippen molar-refractivity contribution in [3.8, 4) is 5.75 Å². The molecule has 0 aromatic heterocycles. The van der Waals surface area contributed by atoms with Crippen molar-refractivity contribution < 1.29 is 9.90 Å². The molecule has 0 spiro atoms. The van der Waals surface area contributed by atoms with Gasteiger partial charge in [0.25, 0.3) is 0 Å². The van der Waals surface area contributed by atoms with Crippen molar-refractivity contribution >= 4 is 40.0 Å². The van der Waals surface area contributed by atoms with Gasteiger partial charge in [-0.05, 0) is 28.5 Å². The lowest BCUT2D eigenvalue weighted by Crippen LogP contribution is -2.34. The van der Waals surface area contributed by atoms with Crippen molar-refractivity contribution in [2.75, 3.05) is 0 Å². The van der Waals surface area contributed by atoms with Gasteiger partial charge in [0.1, 0.15) is 5.75 Å². The number of fused-ring (bicyclic) bond motifs is 1. The van der Waals surface area contributed by atoms with E-state index in [4.69, 9.17) is 28.9 Å². The average Bonchev–Trinajstić information content (AvgIpc) is 2.55. The van der Waals surface area contributed by atoms with Crippen LogP contribution >= 0.6 is 23.2 Å². The van der Waals surface area contributed by atoms with Gasteiger partial charge in [0.2, 0.25) is 0 Å². The molecule has 0 heterocycles. The zero-order valence-electron chi connectivity index (χ0n) is 12.5. The van der Waals surface area contributed by atoms with Crippen LogP contribution in [0.4, 0.5) is 4.79 Å². The number of primary amides is 1. The second-order valence-electron chi connectivity index (χ2n) is 5.30. The number of nitrogens with one attached hydrogen (secondary N) is 1. The second kappa shape index (κ2) is 6.59. The number of rotatable bonds is 3. The van der Waals surface area contributed by atoms with Crippen molar-refractivity contribution in [2.24, 2.45) is 5.73 Å². The molecule has 0 fully saturated rings. The van der Waals surface area contributed by atoms with Gasteiger partial charge in [-0.15, -0.1) is 0 Å². The number of nitrogens with two attached hydrogens (primary N) is 1. The Kier molecular flexibility index (Phi) is 4.51. The van der Waals surface area contributed by atoms with E-state index >= 15 is 0 Å². The predicted molar refractivity (Wildman–Crippen MR) is 96.6 cm³/mol. The van der Waals surface area contributed by atoms with Gasteiger partial charge in [-0.25, -0.2) is 4.79 Å². The maximum absolute atomic E-state index is 11.6. The van der Waals surface area contributed by atoms with Crippen LogP contribution in [0.1, 0.15) is 17.2 Å². The summed E-state index contributed by atoms with van der Waals surface area (Å²) in [5.41, 5.74) is 6.40. The minimum atomic E-state index is -0.736. The van der Waals surface area contributed by atoms with Crippen molar-refractivity contribution in [2.45, 2.75) is 6.04 Å². The lowest BCUT2D eigenvalue weighted by atomic mass is 9.92. The van der Waals surface area contributed by atoms with E-state index in [1.165, 1.54) is 0 Å². The van der Waals surface area contributed by atoms with Crippen LogP contribution in [0.25, 0.3) is 10.8 Å². The molecule has 0 bridgehead atoms.